The van der Waals surface area contributed by atoms with Gasteiger partial charge in [0.25, 0.3) is 0 Å². The average Bonchev–Trinajstić information content (AvgIpc) is 2.34. The SMILES string of the molecule is CCc1ccc(OC(F)(F)F)cc1OCC(=O)CN. The highest BCUT2D eigenvalue weighted by Crippen LogP contribution is 2.29. The van der Waals surface area contributed by atoms with Crippen LogP contribution in [0.3, 0.4) is 0 Å². The van der Waals surface area contributed by atoms with E-state index in [0.29, 0.717) is 12.0 Å². The van der Waals surface area contributed by atoms with Crippen molar-refractivity contribution in [3.8, 4) is 11.5 Å². The predicted molar refractivity (Wildman–Crippen MR) is 62.1 cm³/mol. The van der Waals surface area contributed by atoms with E-state index in [-0.39, 0.29) is 30.4 Å². The van der Waals surface area contributed by atoms with Crippen molar-refractivity contribution in [1.29, 1.82) is 0 Å². The molecule has 0 aliphatic rings. The van der Waals surface area contributed by atoms with Gasteiger partial charge in [-0.25, -0.2) is 0 Å². The Labute approximate surface area is 108 Å². The molecule has 0 unspecified atom stereocenters. The number of carbonyl (C=O) groups excluding carboxylic acids is 1. The fourth-order valence-corrected chi connectivity index (χ4v) is 1.38. The quantitative estimate of drug-likeness (QED) is 0.864. The maximum Gasteiger partial charge on any atom is 0.573 e. The Kier molecular flexibility index (Phi) is 5.17. The Bertz CT molecular complexity index is 446. The minimum atomic E-state index is -4.77. The number of hydrogen-bond donors (Lipinski definition) is 1. The molecule has 0 heterocycles. The van der Waals surface area contributed by atoms with Gasteiger partial charge in [-0.1, -0.05) is 13.0 Å². The lowest BCUT2D eigenvalue weighted by atomic mass is 10.1. The molecule has 7 heteroatoms. The number of benzene rings is 1. The lowest BCUT2D eigenvalue weighted by Gasteiger charge is -2.13. The van der Waals surface area contributed by atoms with Crippen molar-refractivity contribution in [3.63, 3.8) is 0 Å². The molecule has 0 fully saturated rings. The number of aryl methyl sites for hydroxylation is 1. The largest absolute Gasteiger partial charge is 0.573 e. The summed E-state index contributed by atoms with van der Waals surface area (Å²) in [6.07, 6.45) is -4.21. The fraction of sp³-hybridized carbons (Fsp3) is 0.417. The van der Waals surface area contributed by atoms with Crippen molar-refractivity contribution < 1.29 is 27.4 Å². The van der Waals surface area contributed by atoms with Crippen LogP contribution in [0.25, 0.3) is 0 Å². The highest BCUT2D eigenvalue weighted by molar-refractivity contribution is 5.81. The van der Waals surface area contributed by atoms with Crippen molar-refractivity contribution in [2.24, 2.45) is 5.73 Å². The van der Waals surface area contributed by atoms with Crippen molar-refractivity contribution in [1.82, 2.24) is 0 Å². The number of Topliss-reactive ketones (excluding diaryl/α,β-unsaturated/α-hetero) is 1. The van der Waals surface area contributed by atoms with Crippen LogP contribution in [0, 0.1) is 0 Å². The number of ketones is 1. The molecule has 0 saturated carbocycles. The van der Waals surface area contributed by atoms with Gasteiger partial charge in [0.1, 0.15) is 18.1 Å². The Morgan fingerprint density at radius 2 is 2.05 bits per heavy atom. The molecule has 106 valence electrons. The van der Waals surface area contributed by atoms with E-state index in [0.717, 1.165) is 6.07 Å². The fourth-order valence-electron chi connectivity index (χ4n) is 1.38. The third-order valence-corrected chi connectivity index (χ3v) is 2.27. The van der Waals surface area contributed by atoms with Gasteiger partial charge in [-0.3, -0.25) is 4.79 Å². The summed E-state index contributed by atoms with van der Waals surface area (Å²) < 4.78 is 45.2. The molecule has 0 atom stereocenters. The first-order chi connectivity index (χ1) is 8.85. The Morgan fingerprint density at radius 1 is 1.37 bits per heavy atom. The molecule has 1 aromatic carbocycles. The zero-order chi connectivity index (χ0) is 14.5. The molecule has 0 bridgehead atoms. The first kappa shape index (κ1) is 15.3. The summed E-state index contributed by atoms with van der Waals surface area (Å²) in [5.41, 5.74) is 5.80. The average molecular weight is 277 g/mol. The first-order valence-electron chi connectivity index (χ1n) is 5.59. The molecule has 19 heavy (non-hydrogen) atoms. The number of carbonyl (C=O) groups is 1. The van der Waals surface area contributed by atoms with Gasteiger partial charge in [-0.15, -0.1) is 13.2 Å². The first-order valence-corrected chi connectivity index (χ1v) is 5.59. The summed E-state index contributed by atoms with van der Waals surface area (Å²) in [7, 11) is 0. The minimum absolute atomic E-state index is 0.180. The maximum atomic E-state index is 12.1. The summed E-state index contributed by atoms with van der Waals surface area (Å²) in [5, 5.41) is 0. The lowest BCUT2D eigenvalue weighted by Crippen LogP contribution is -2.21. The third kappa shape index (κ3) is 5.17. The van der Waals surface area contributed by atoms with Gasteiger partial charge in [0.15, 0.2) is 5.78 Å². The maximum absolute atomic E-state index is 12.1. The van der Waals surface area contributed by atoms with E-state index in [1.165, 1.54) is 12.1 Å². The van der Waals surface area contributed by atoms with Crippen LogP contribution in [0.15, 0.2) is 18.2 Å². The molecule has 0 aliphatic carbocycles. The summed E-state index contributed by atoms with van der Waals surface area (Å²) in [4.78, 5) is 11.0. The topological polar surface area (TPSA) is 61.5 Å². The summed E-state index contributed by atoms with van der Waals surface area (Å²) in [6.45, 7) is 1.36. The van der Waals surface area contributed by atoms with E-state index >= 15 is 0 Å². The second-order valence-electron chi connectivity index (χ2n) is 3.70. The summed E-state index contributed by atoms with van der Waals surface area (Å²) >= 11 is 0. The number of alkyl halides is 3. The Hall–Kier alpha value is -1.76. The van der Waals surface area contributed by atoms with Crippen molar-refractivity contribution in [3.05, 3.63) is 23.8 Å². The molecule has 1 rings (SSSR count). The van der Waals surface area contributed by atoms with Crippen LogP contribution in [0.4, 0.5) is 13.2 Å². The standard InChI is InChI=1S/C12H14F3NO3/c1-2-8-3-4-10(19-12(13,14)15)5-11(8)18-7-9(17)6-16/h3-5H,2,6-7,16H2,1H3. The number of ether oxygens (including phenoxy) is 2. The van der Waals surface area contributed by atoms with Gasteiger partial charge in [-0.05, 0) is 18.1 Å². The normalized spacial score (nSPS) is 11.2. The molecule has 0 spiro atoms. The van der Waals surface area contributed by atoms with Gasteiger partial charge in [-0.2, -0.15) is 0 Å². The summed E-state index contributed by atoms with van der Waals surface area (Å²) in [6, 6.07) is 3.77. The van der Waals surface area contributed by atoms with Crippen molar-refractivity contribution in [2.45, 2.75) is 19.7 Å². The summed E-state index contributed by atoms with van der Waals surface area (Å²) in [5.74, 6) is -0.546. The monoisotopic (exact) mass is 277 g/mol. The van der Waals surface area contributed by atoms with Crippen LogP contribution in [0.2, 0.25) is 0 Å². The molecule has 4 nitrogen and oxygen atoms in total. The van der Waals surface area contributed by atoms with Gasteiger partial charge in [0.2, 0.25) is 0 Å². The Balaban J connectivity index is 2.86. The predicted octanol–water partition coefficient (Wildman–Crippen LogP) is 2.05. The van der Waals surface area contributed by atoms with Crippen LogP contribution in [-0.2, 0) is 11.2 Å². The van der Waals surface area contributed by atoms with E-state index in [4.69, 9.17) is 10.5 Å². The minimum Gasteiger partial charge on any atom is -0.485 e. The highest BCUT2D eigenvalue weighted by Gasteiger charge is 2.31. The molecular formula is C12H14F3NO3. The van der Waals surface area contributed by atoms with Gasteiger partial charge < -0.3 is 15.2 Å². The zero-order valence-corrected chi connectivity index (χ0v) is 10.3. The second-order valence-corrected chi connectivity index (χ2v) is 3.70. The van der Waals surface area contributed by atoms with Crippen LogP contribution >= 0.6 is 0 Å². The van der Waals surface area contributed by atoms with E-state index in [1.54, 1.807) is 0 Å². The Morgan fingerprint density at radius 3 is 2.58 bits per heavy atom. The second kappa shape index (κ2) is 6.42. The molecule has 0 radical (unpaired) electrons. The van der Waals surface area contributed by atoms with Crippen molar-refractivity contribution in [2.75, 3.05) is 13.2 Å². The van der Waals surface area contributed by atoms with Gasteiger partial charge in [0, 0.05) is 6.07 Å². The van der Waals surface area contributed by atoms with E-state index in [2.05, 4.69) is 4.74 Å². The molecule has 0 amide bonds. The van der Waals surface area contributed by atoms with Gasteiger partial charge in [0.05, 0.1) is 6.54 Å². The number of nitrogens with two attached hydrogens (primary N) is 1. The third-order valence-electron chi connectivity index (χ3n) is 2.27. The van der Waals surface area contributed by atoms with Crippen molar-refractivity contribution >= 4 is 5.78 Å². The lowest BCUT2D eigenvalue weighted by molar-refractivity contribution is -0.274. The van der Waals surface area contributed by atoms with E-state index in [9.17, 15) is 18.0 Å². The molecule has 0 aromatic heterocycles. The molecule has 1 aromatic rings. The molecule has 0 saturated heterocycles. The smallest absolute Gasteiger partial charge is 0.485 e. The molecular weight excluding hydrogens is 263 g/mol. The van der Waals surface area contributed by atoms with Crippen LogP contribution in [0.5, 0.6) is 11.5 Å². The molecule has 2 N–H and O–H groups in total. The van der Waals surface area contributed by atoms with Gasteiger partial charge >= 0.3 is 6.36 Å². The molecule has 0 aliphatic heterocycles. The number of halogens is 3. The zero-order valence-electron chi connectivity index (χ0n) is 10.3. The number of rotatable bonds is 6. The van der Waals surface area contributed by atoms with Crippen LogP contribution in [0.1, 0.15) is 12.5 Å². The van der Waals surface area contributed by atoms with Crippen LogP contribution < -0.4 is 15.2 Å². The van der Waals surface area contributed by atoms with Crippen LogP contribution in [-0.4, -0.2) is 25.3 Å². The van der Waals surface area contributed by atoms with E-state index < -0.39 is 6.36 Å². The number of hydrogen-bond acceptors (Lipinski definition) is 4. The highest BCUT2D eigenvalue weighted by atomic mass is 19.4. The van der Waals surface area contributed by atoms with E-state index in [1.807, 2.05) is 6.92 Å².